The van der Waals surface area contributed by atoms with Crippen molar-refractivity contribution in [1.82, 2.24) is 14.8 Å². The van der Waals surface area contributed by atoms with Crippen LogP contribution in [0.15, 0.2) is 0 Å². The molecule has 98 valence electrons. The molecule has 1 aromatic heterocycles. The van der Waals surface area contributed by atoms with E-state index < -0.39 is 38.9 Å². The van der Waals surface area contributed by atoms with Crippen molar-refractivity contribution in [3.63, 3.8) is 0 Å². The minimum absolute atomic E-state index is 0.461. The van der Waals surface area contributed by atoms with E-state index in [1.807, 2.05) is 0 Å². The van der Waals surface area contributed by atoms with Gasteiger partial charge in [0, 0.05) is 0 Å². The van der Waals surface area contributed by atoms with Crippen LogP contribution >= 0.6 is 0 Å². The van der Waals surface area contributed by atoms with E-state index in [-0.39, 0.29) is 0 Å². The summed E-state index contributed by atoms with van der Waals surface area (Å²) in [5.74, 6) is -1.78. The number of nitro groups is 3. The van der Waals surface area contributed by atoms with Gasteiger partial charge >= 0.3 is 11.6 Å². The lowest BCUT2D eigenvalue weighted by Gasteiger charge is -2.02. The maximum Gasteiger partial charge on any atom is 0.443 e. The maximum atomic E-state index is 10.7. The molecule has 13 heteroatoms. The predicted molar refractivity (Wildman–Crippen MR) is 54.7 cm³/mol. The predicted octanol–water partition coefficient (Wildman–Crippen LogP) is -0.637. The molecule has 0 aliphatic rings. The first kappa shape index (κ1) is 13.1. The highest BCUT2D eigenvalue weighted by molar-refractivity contribution is 5.65. The van der Waals surface area contributed by atoms with Gasteiger partial charge in [0.2, 0.25) is 5.69 Å². The molecular formula is C5H7N7O6. The molecular weight excluding hydrogens is 254 g/mol. The van der Waals surface area contributed by atoms with Crippen molar-refractivity contribution >= 4 is 17.3 Å². The summed E-state index contributed by atoms with van der Waals surface area (Å²) in [6, 6.07) is 0. The maximum absolute atomic E-state index is 10.7. The van der Waals surface area contributed by atoms with Crippen LogP contribution < -0.4 is 5.73 Å². The molecule has 0 radical (unpaired) electrons. The van der Waals surface area contributed by atoms with E-state index in [9.17, 15) is 30.3 Å². The summed E-state index contributed by atoms with van der Waals surface area (Å²) in [4.78, 5) is 29.6. The topological polar surface area (TPSA) is 176 Å². The zero-order valence-electron chi connectivity index (χ0n) is 8.92. The van der Waals surface area contributed by atoms with Crippen LogP contribution in [-0.2, 0) is 6.67 Å². The number of nitrogens with zero attached hydrogens (tertiary/aromatic N) is 6. The summed E-state index contributed by atoms with van der Waals surface area (Å²) in [5, 5.41) is 34.4. The van der Waals surface area contributed by atoms with Crippen LogP contribution in [0.4, 0.5) is 17.3 Å². The van der Waals surface area contributed by atoms with E-state index in [0.717, 1.165) is 7.05 Å². The molecule has 2 N–H and O–H groups in total. The van der Waals surface area contributed by atoms with Crippen molar-refractivity contribution in [2.75, 3.05) is 12.8 Å². The molecule has 1 aromatic rings. The molecule has 0 aromatic carbocycles. The van der Waals surface area contributed by atoms with E-state index >= 15 is 0 Å². The molecule has 0 aliphatic heterocycles. The summed E-state index contributed by atoms with van der Waals surface area (Å²) in [6.45, 7) is -0.651. The average molecular weight is 261 g/mol. The third-order valence-corrected chi connectivity index (χ3v) is 1.90. The van der Waals surface area contributed by atoms with Crippen LogP contribution in [0.1, 0.15) is 0 Å². The molecule has 0 atom stereocenters. The fourth-order valence-electron chi connectivity index (χ4n) is 1.13. The molecule has 13 nitrogen and oxygen atoms in total. The van der Waals surface area contributed by atoms with Gasteiger partial charge in [0.05, 0.1) is 7.05 Å². The van der Waals surface area contributed by atoms with E-state index in [4.69, 9.17) is 5.73 Å². The van der Waals surface area contributed by atoms with Gasteiger partial charge in [-0.3, -0.25) is 0 Å². The Bertz CT molecular complexity index is 523. The van der Waals surface area contributed by atoms with E-state index in [2.05, 4.69) is 5.10 Å². The molecule has 0 unspecified atom stereocenters. The summed E-state index contributed by atoms with van der Waals surface area (Å²) >= 11 is 0. The van der Waals surface area contributed by atoms with Crippen molar-refractivity contribution in [3.05, 3.63) is 30.3 Å². The Hall–Kier alpha value is -2.99. The second-order valence-electron chi connectivity index (χ2n) is 3.11. The van der Waals surface area contributed by atoms with Gasteiger partial charge in [0.15, 0.2) is 10.1 Å². The molecule has 0 spiro atoms. The second-order valence-corrected chi connectivity index (χ2v) is 3.11. The van der Waals surface area contributed by atoms with Crippen LogP contribution in [0, 0.1) is 30.3 Å². The van der Waals surface area contributed by atoms with Crippen LogP contribution in [0.25, 0.3) is 0 Å². The molecule has 0 saturated heterocycles. The van der Waals surface area contributed by atoms with E-state index in [1.165, 1.54) is 0 Å². The standard InChI is InChI=1S/C5H7N7O6/c1-8(12(17)18)2-9-5(11(15)16)3(6)4(7-9)10(13)14/h2,6H2,1H3. The van der Waals surface area contributed by atoms with Crippen molar-refractivity contribution < 1.29 is 14.9 Å². The number of nitrogen functional groups attached to an aromatic ring is 1. The summed E-state index contributed by atoms with van der Waals surface area (Å²) in [5.41, 5.74) is 4.45. The number of hydrogen-bond donors (Lipinski definition) is 1. The molecule has 1 rings (SSSR count). The van der Waals surface area contributed by atoms with E-state index in [0.29, 0.717) is 9.69 Å². The molecule has 0 fully saturated rings. The molecule has 0 aliphatic carbocycles. The van der Waals surface area contributed by atoms with Crippen LogP contribution in [-0.4, -0.2) is 36.7 Å². The molecule has 18 heavy (non-hydrogen) atoms. The van der Waals surface area contributed by atoms with Crippen molar-refractivity contribution in [2.45, 2.75) is 6.67 Å². The Morgan fingerprint density at radius 1 is 1.28 bits per heavy atom. The Balaban J connectivity index is 3.26. The lowest BCUT2D eigenvalue weighted by molar-refractivity contribution is -0.656. The highest BCUT2D eigenvalue weighted by atomic mass is 16.7. The van der Waals surface area contributed by atoms with E-state index in [1.54, 1.807) is 0 Å². The summed E-state index contributed by atoms with van der Waals surface area (Å²) in [6.07, 6.45) is 0. The fraction of sp³-hybridized carbons (Fsp3) is 0.400. The lowest BCUT2D eigenvalue weighted by atomic mass is 10.5. The monoisotopic (exact) mass is 261 g/mol. The van der Waals surface area contributed by atoms with Crippen LogP contribution in [0.3, 0.4) is 0 Å². The van der Waals surface area contributed by atoms with Gasteiger partial charge in [0.1, 0.15) is 0 Å². The minimum Gasteiger partial charge on any atom is -0.385 e. The smallest absolute Gasteiger partial charge is 0.385 e. The molecule has 1 heterocycles. The fourth-order valence-corrected chi connectivity index (χ4v) is 1.13. The molecule has 0 amide bonds. The number of hydrogen-bond acceptors (Lipinski definition) is 8. The highest BCUT2D eigenvalue weighted by Crippen LogP contribution is 2.30. The highest BCUT2D eigenvalue weighted by Gasteiger charge is 2.36. The van der Waals surface area contributed by atoms with Gasteiger partial charge in [-0.2, -0.15) is 0 Å². The Morgan fingerprint density at radius 3 is 2.22 bits per heavy atom. The Kier molecular flexibility index (Phi) is 3.25. The SMILES string of the molecule is CN(Cn1nc([N+](=O)[O-])c(N)c1[N+](=O)[O-])[N+](=O)[O-]. The van der Waals surface area contributed by atoms with Gasteiger partial charge in [-0.15, -0.1) is 0 Å². The number of anilines is 1. The van der Waals surface area contributed by atoms with Gasteiger partial charge in [0.25, 0.3) is 6.67 Å². The van der Waals surface area contributed by atoms with Crippen LogP contribution in [0.2, 0.25) is 0 Å². The zero-order chi connectivity index (χ0) is 14.0. The quantitative estimate of drug-likeness (QED) is 0.533. The first-order valence-corrected chi connectivity index (χ1v) is 4.26. The summed E-state index contributed by atoms with van der Waals surface area (Å²) < 4.78 is 0.482. The lowest BCUT2D eigenvalue weighted by Crippen LogP contribution is -2.28. The number of nitrogens with two attached hydrogens (primary N) is 1. The third kappa shape index (κ3) is 2.23. The Morgan fingerprint density at radius 2 is 1.83 bits per heavy atom. The second kappa shape index (κ2) is 4.48. The van der Waals surface area contributed by atoms with Crippen LogP contribution in [0.5, 0.6) is 0 Å². The normalized spacial score (nSPS) is 10.1. The van der Waals surface area contributed by atoms with Crippen molar-refractivity contribution in [2.24, 2.45) is 0 Å². The van der Waals surface area contributed by atoms with Gasteiger partial charge in [-0.25, -0.2) is 10.1 Å². The molecule has 0 saturated carbocycles. The van der Waals surface area contributed by atoms with Crippen molar-refractivity contribution in [3.8, 4) is 0 Å². The number of rotatable bonds is 5. The van der Waals surface area contributed by atoms with Crippen molar-refractivity contribution in [1.29, 1.82) is 0 Å². The zero-order valence-corrected chi connectivity index (χ0v) is 8.92. The first-order chi connectivity index (χ1) is 8.25. The minimum atomic E-state index is -1.01. The average Bonchev–Trinajstić information content (AvgIpc) is 2.55. The van der Waals surface area contributed by atoms with Gasteiger partial charge in [-0.1, -0.05) is 5.01 Å². The number of aromatic nitrogens is 2. The van der Waals surface area contributed by atoms with Gasteiger partial charge < -0.3 is 26.0 Å². The Labute approximate surface area is 97.8 Å². The first-order valence-electron chi connectivity index (χ1n) is 4.26. The molecule has 0 bridgehead atoms. The summed E-state index contributed by atoms with van der Waals surface area (Å²) in [7, 11) is 1.02. The largest absolute Gasteiger partial charge is 0.443 e. The van der Waals surface area contributed by atoms with Gasteiger partial charge in [-0.05, 0) is 14.5 Å². The third-order valence-electron chi connectivity index (χ3n) is 1.90. The number of hydrazine groups is 1.